The topological polar surface area (TPSA) is 32.7 Å². The summed E-state index contributed by atoms with van der Waals surface area (Å²) < 4.78 is 5.25. The number of rotatable bonds is 5. The number of hydrogen-bond acceptors (Lipinski definition) is 3. The zero-order valence-electron chi connectivity index (χ0n) is 9.89. The van der Waals surface area contributed by atoms with E-state index in [1.165, 1.54) is 12.8 Å². The fraction of sp³-hybridized carbons (Fsp3) is 0.538. The molecule has 3 heteroatoms. The van der Waals surface area contributed by atoms with Crippen LogP contribution in [0.4, 0.5) is 0 Å². The molecule has 2 rings (SSSR count). The minimum absolute atomic E-state index is 0.471. The summed E-state index contributed by atoms with van der Waals surface area (Å²) in [6.45, 7) is 0.672. The molecule has 0 aromatic heterocycles. The molecule has 3 nitrogen and oxygen atoms in total. The lowest BCUT2D eigenvalue weighted by molar-refractivity contribution is 0.121. The van der Waals surface area contributed by atoms with E-state index < -0.39 is 6.10 Å². The smallest absolute Gasteiger partial charge is 0.124 e. The standard InChI is InChI=1S/C13H19NO2/c1-14(10-7-8-10)9-12(15)11-5-3-4-6-13(11)16-2/h3-6,10,12,15H,7-9H2,1-2H3. The monoisotopic (exact) mass is 221 g/mol. The Hall–Kier alpha value is -1.06. The number of methoxy groups -OCH3 is 1. The summed E-state index contributed by atoms with van der Waals surface area (Å²) in [5.74, 6) is 0.763. The first-order valence-corrected chi connectivity index (χ1v) is 5.73. The van der Waals surface area contributed by atoms with Crippen LogP contribution < -0.4 is 4.74 Å². The largest absolute Gasteiger partial charge is 0.496 e. The molecule has 1 atom stereocenters. The lowest BCUT2D eigenvalue weighted by Gasteiger charge is -2.21. The predicted molar refractivity (Wildman–Crippen MR) is 63.6 cm³/mol. The lowest BCUT2D eigenvalue weighted by Crippen LogP contribution is -2.26. The van der Waals surface area contributed by atoms with Crippen LogP contribution in [0.15, 0.2) is 24.3 Å². The van der Waals surface area contributed by atoms with Gasteiger partial charge in [0.2, 0.25) is 0 Å². The van der Waals surface area contributed by atoms with E-state index in [9.17, 15) is 5.11 Å². The first kappa shape index (κ1) is 11.4. The van der Waals surface area contributed by atoms with E-state index in [1.807, 2.05) is 24.3 Å². The second kappa shape index (κ2) is 4.85. The van der Waals surface area contributed by atoms with Crippen molar-refractivity contribution in [3.8, 4) is 5.75 Å². The fourth-order valence-corrected chi connectivity index (χ4v) is 1.98. The highest BCUT2D eigenvalue weighted by atomic mass is 16.5. The highest BCUT2D eigenvalue weighted by Crippen LogP contribution is 2.29. The van der Waals surface area contributed by atoms with Crippen LogP contribution in [0.5, 0.6) is 5.75 Å². The van der Waals surface area contributed by atoms with Gasteiger partial charge >= 0.3 is 0 Å². The summed E-state index contributed by atoms with van der Waals surface area (Å²) in [5.41, 5.74) is 0.873. The number of benzene rings is 1. The second-order valence-corrected chi connectivity index (χ2v) is 4.43. The van der Waals surface area contributed by atoms with Crippen LogP contribution >= 0.6 is 0 Å². The van der Waals surface area contributed by atoms with Gasteiger partial charge in [0.05, 0.1) is 13.2 Å². The Labute approximate surface area is 96.6 Å². The lowest BCUT2D eigenvalue weighted by atomic mass is 10.1. The Kier molecular flexibility index (Phi) is 3.46. The van der Waals surface area contributed by atoms with Crippen molar-refractivity contribution >= 4 is 0 Å². The maximum atomic E-state index is 10.2. The molecule has 0 amide bonds. The molecule has 1 N–H and O–H groups in total. The van der Waals surface area contributed by atoms with E-state index in [0.717, 1.165) is 11.3 Å². The summed E-state index contributed by atoms with van der Waals surface area (Å²) in [6.07, 6.45) is 2.05. The van der Waals surface area contributed by atoms with Crippen molar-refractivity contribution in [1.82, 2.24) is 4.90 Å². The molecule has 1 aliphatic carbocycles. The van der Waals surface area contributed by atoms with Gasteiger partial charge in [0.15, 0.2) is 0 Å². The van der Waals surface area contributed by atoms with Crippen LogP contribution in [0.2, 0.25) is 0 Å². The van der Waals surface area contributed by atoms with E-state index in [4.69, 9.17) is 4.74 Å². The molecule has 1 saturated carbocycles. The third-order valence-electron chi connectivity index (χ3n) is 3.13. The van der Waals surface area contributed by atoms with Gasteiger partial charge in [0.25, 0.3) is 0 Å². The average molecular weight is 221 g/mol. The van der Waals surface area contributed by atoms with Crippen LogP contribution in [0.1, 0.15) is 24.5 Å². The molecule has 1 aromatic carbocycles. The Bertz CT molecular complexity index is 350. The highest BCUT2D eigenvalue weighted by molar-refractivity contribution is 5.35. The molecule has 0 saturated heterocycles. The molecule has 16 heavy (non-hydrogen) atoms. The number of hydrogen-bond donors (Lipinski definition) is 1. The first-order chi connectivity index (χ1) is 7.72. The van der Waals surface area contributed by atoms with Crippen molar-refractivity contribution in [2.75, 3.05) is 20.7 Å². The van der Waals surface area contributed by atoms with Crippen molar-refractivity contribution in [1.29, 1.82) is 0 Å². The molecule has 1 unspecified atom stereocenters. The Morgan fingerprint density at radius 2 is 2.12 bits per heavy atom. The molecular formula is C13H19NO2. The van der Waals surface area contributed by atoms with Gasteiger partial charge in [0.1, 0.15) is 5.75 Å². The normalized spacial score (nSPS) is 17.5. The Morgan fingerprint density at radius 1 is 1.44 bits per heavy atom. The summed E-state index contributed by atoms with van der Waals surface area (Å²) in [6, 6.07) is 8.32. The van der Waals surface area contributed by atoms with Gasteiger partial charge in [-0.1, -0.05) is 18.2 Å². The number of likely N-dealkylation sites (N-methyl/N-ethyl adjacent to an activating group) is 1. The molecule has 1 aliphatic rings. The third-order valence-corrected chi connectivity index (χ3v) is 3.13. The van der Waals surface area contributed by atoms with Crippen LogP contribution in [-0.2, 0) is 0 Å². The van der Waals surface area contributed by atoms with Gasteiger partial charge in [0, 0.05) is 18.2 Å². The fourth-order valence-electron chi connectivity index (χ4n) is 1.98. The van der Waals surface area contributed by atoms with Crippen molar-refractivity contribution in [2.24, 2.45) is 0 Å². The van der Waals surface area contributed by atoms with Gasteiger partial charge < -0.3 is 14.7 Å². The number of para-hydroxylation sites is 1. The quantitative estimate of drug-likeness (QED) is 0.823. The molecule has 0 bridgehead atoms. The zero-order chi connectivity index (χ0) is 11.5. The Morgan fingerprint density at radius 3 is 2.75 bits per heavy atom. The minimum Gasteiger partial charge on any atom is -0.496 e. The molecule has 0 spiro atoms. The maximum absolute atomic E-state index is 10.2. The third kappa shape index (κ3) is 2.54. The van der Waals surface area contributed by atoms with Crippen LogP contribution in [-0.4, -0.2) is 36.8 Å². The summed E-state index contributed by atoms with van der Waals surface area (Å²) >= 11 is 0. The van der Waals surface area contributed by atoms with E-state index >= 15 is 0 Å². The molecular weight excluding hydrogens is 202 g/mol. The van der Waals surface area contributed by atoms with Crippen LogP contribution in [0, 0.1) is 0 Å². The highest BCUT2D eigenvalue weighted by Gasteiger charge is 2.28. The molecule has 0 heterocycles. The van der Waals surface area contributed by atoms with E-state index in [0.29, 0.717) is 12.6 Å². The van der Waals surface area contributed by atoms with Crippen molar-refractivity contribution in [3.63, 3.8) is 0 Å². The molecule has 1 aromatic rings. The number of aliphatic hydroxyl groups is 1. The molecule has 88 valence electrons. The maximum Gasteiger partial charge on any atom is 0.124 e. The second-order valence-electron chi connectivity index (χ2n) is 4.43. The molecule has 1 fully saturated rings. The van der Waals surface area contributed by atoms with Crippen molar-refractivity contribution < 1.29 is 9.84 Å². The van der Waals surface area contributed by atoms with Crippen molar-refractivity contribution in [3.05, 3.63) is 29.8 Å². The SMILES string of the molecule is COc1ccccc1C(O)CN(C)C1CC1. The van der Waals surface area contributed by atoms with Gasteiger partial charge in [-0.25, -0.2) is 0 Å². The van der Waals surface area contributed by atoms with Crippen LogP contribution in [0.25, 0.3) is 0 Å². The van der Waals surface area contributed by atoms with Gasteiger partial charge in [-0.15, -0.1) is 0 Å². The number of nitrogens with zero attached hydrogens (tertiary/aromatic N) is 1. The minimum atomic E-state index is -0.471. The number of aliphatic hydroxyl groups excluding tert-OH is 1. The molecule has 0 radical (unpaired) electrons. The summed E-state index contributed by atoms with van der Waals surface area (Å²) in [5, 5.41) is 10.2. The zero-order valence-corrected chi connectivity index (χ0v) is 9.89. The summed E-state index contributed by atoms with van der Waals surface area (Å²) in [7, 11) is 3.70. The predicted octanol–water partition coefficient (Wildman–Crippen LogP) is 1.82. The van der Waals surface area contributed by atoms with E-state index in [2.05, 4.69) is 11.9 Å². The molecule has 0 aliphatic heterocycles. The Balaban J connectivity index is 2.04. The average Bonchev–Trinajstić information content (AvgIpc) is 3.12. The van der Waals surface area contributed by atoms with E-state index in [-0.39, 0.29) is 0 Å². The van der Waals surface area contributed by atoms with Gasteiger partial charge in [-0.05, 0) is 26.0 Å². The van der Waals surface area contributed by atoms with Crippen molar-refractivity contribution in [2.45, 2.75) is 25.0 Å². The van der Waals surface area contributed by atoms with Gasteiger partial charge in [-0.3, -0.25) is 0 Å². The first-order valence-electron chi connectivity index (χ1n) is 5.73. The summed E-state index contributed by atoms with van der Waals surface area (Å²) in [4.78, 5) is 2.22. The number of ether oxygens (including phenoxy) is 1. The van der Waals surface area contributed by atoms with Crippen LogP contribution in [0.3, 0.4) is 0 Å². The van der Waals surface area contributed by atoms with E-state index in [1.54, 1.807) is 7.11 Å². The van der Waals surface area contributed by atoms with Gasteiger partial charge in [-0.2, -0.15) is 0 Å².